The molecule has 0 aliphatic carbocycles. The van der Waals surface area contributed by atoms with Gasteiger partial charge in [0, 0.05) is 25.7 Å². The van der Waals surface area contributed by atoms with Crippen molar-refractivity contribution in [2.75, 3.05) is 13.7 Å². The number of hydrogen-bond acceptors (Lipinski definition) is 4. The van der Waals surface area contributed by atoms with E-state index in [0.717, 1.165) is 0 Å². The second-order valence-corrected chi connectivity index (χ2v) is 4.14. The molecule has 104 valence electrons. The molecular formula is C13H17NO5. The lowest BCUT2D eigenvalue weighted by Crippen LogP contribution is -2.41. The lowest BCUT2D eigenvalue weighted by Gasteiger charge is -2.15. The normalized spacial score (nSPS) is 11.9. The monoisotopic (exact) mass is 267 g/mol. The van der Waals surface area contributed by atoms with Crippen LogP contribution in [0.1, 0.15) is 22.3 Å². The van der Waals surface area contributed by atoms with Crippen molar-refractivity contribution in [1.29, 1.82) is 0 Å². The molecule has 0 bridgehead atoms. The van der Waals surface area contributed by atoms with Gasteiger partial charge in [0.25, 0.3) is 5.91 Å². The molecule has 0 aliphatic rings. The smallest absolute Gasteiger partial charge is 0.326 e. The summed E-state index contributed by atoms with van der Waals surface area (Å²) in [5.41, 5.74) is 0.912. The predicted octanol–water partition coefficient (Wildman–Crippen LogP) is 0.920. The van der Waals surface area contributed by atoms with Gasteiger partial charge in [0.2, 0.25) is 0 Å². The number of hydrogen-bond donors (Lipinski definition) is 3. The number of benzene rings is 1. The molecule has 1 rings (SSSR count). The number of methoxy groups -OCH3 is 1. The molecule has 1 atom stereocenters. The van der Waals surface area contributed by atoms with E-state index in [2.05, 4.69) is 5.32 Å². The highest BCUT2D eigenvalue weighted by atomic mass is 16.5. The number of phenols is 1. The summed E-state index contributed by atoms with van der Waals surface area (Å²) >= 11 is 0. The molecule has 0 aromatic heterocycles. The summed E-state index contributed by atoms with van der Waals surface area (Å²) in [6.07, 6.45) is 0.189. The first kappa shape index (κ1) is 15.0. The van der Waals surface area contributed by atoms with Crippen molar-refractivity contribution in [3.8, 4) is 5.75 Å². The third kappa shape index (κ3) is 4.26. The number of carbonyl (C=O) groups is 2. The fourth-order valence-corrected chi connectivity index (χ4v) is 1.63. The summed E-state index contributed by atoms with van der Waals surface area (Å²) in [4.78, 5) is 23.0. The van der Waals surface area contributed by atoms with Crippen LogP contribution in [0.4, 0.5) is 0 Å². The van der Waals surface area contributed by atoms with Crippen molar-refractivity contribution in [2.45, 2.75) is 19.4 Å². The molecule has 6 nitrogen and oxygen atoms in total. The second-order valence-electron chi connectivity index (χ2n) is 4.14. The van der Waals surface area contributed by atoms with Gasteiger partial charge in [-0.1, -0.05) is 0 Å². The zero-order valence-electron chi connectivity index (χ0n) is 10.8. The zero-order chi connectivity index (χ0) is 14.4. The first-order valence-electron chi connectivity index (χ1n) is 5.78. The van der Waals surface area contributed by atoms with Gasteiger partial charge in [-0.05, 0) is 30.7 Å². The van der Waals surface area contributed by atoms with Crippen LogP contribution in [-0.2, 0) is 9.53 Å². The summed E-state index contributed by atoms with van der Waals surface area (Å²) in [5, 5.41) is 20.7. The molecule has 19 heavy (non-hydrogen) atoms. The third-order valence-corrected chi connectivity index (χ3v) is 2.67. The summed E-state index contributed by atoms with van der Waals surface area (Å²) in [5.74, 6) is -1.54. The fourth-order valence-electron chi connectivity index (χ4n) is 1.63. The summed E-state index contributed by atoms with van der Waals surface area (Å²) in [6, 6.07) is 3.28. The number of carboxylic acids is 1. The number of aliphatic carboxylic acids is 1. The van der Waals surface area contributed by atoms with Crippen molar-refractivity contribution >= 4 is 11.9 Å². The maximum atomic E-state index is 12.0. The number of ether oxygens (including phenoxy) is 1. The number of amides is 1. The molecule has 0 aliphatic heterocycles. The third-order valence-electron chi connectivity index (χ3n) is 2.67. The maximum Gasteiger partial charge on any atom is 0.326 e. The van der Waals surface area contributed by atoms with Gasteiger partial charge in [0.1, 0.15) is 11.8 Å². The lowest BCUT2D eigenvalue weighted by atomic mass is 10.1. The summed E-state index contributed by atoms with van der Waals surface area (Å²) in [7, 11) is 1.46. The number of carboxylic acid groups (broad SMARTS) is 1. The van der Waals surface area contributed by atoms with Crippen LogP contribution in [0, 0.1) is 6.92 Å². The zero-order valence-corrected chi connectivity index (χ0v) is 10.8. The molecule has 1 aromatic carbocycles. The number of nitrogens with one attached hydrogen (secondary N) is 1. The number of aromatic hydroxyl groups is 1. The highest BCUT2D eigenvalue weighted by molar-refractivity contribution is 5.97. The van der Waals surface area contributed by atoms with Crippen LogP contribution in [0.2, 0.25) is 0 Å². The van der Waals surface area contributed by atoms with E-state index >= 15 is 0 Å². The molecule has 3 N–H and O–H groups in total. The standard InChI is InChI=1S/C13H17NO5/c1-8-7-9(15)3-4-10(8)12(16)14-11(13(17)18)5-6-19-2/h3-4,7,11,15H,5-6H2,1-2H3,(H,14,16)(H,17,18). The average Bonchev–Trinajstić information content (AvgIpc) is 2.33. The van der Waals surface area contributed by atoms with Gasteiger partial charge in [-0.3, -0.25) is 4.79 Å². The Bertz CT molecular complexity index is 472. The van der Waals surface area contributed by atoms with Gasteiger partial charge < -0.3 is 20.3 Å². The van der Waals surface area contributed by atoms with Gasteiger partial charge >= 0.3 is 5.97 Å². The Morgan fingerprint density at radius 3 is 2.63 bits per heavy atom. The first-order chi connectivity index (χ1) is 8.95. The van der Waals surface area contributed by atoms with E-state index < -0.39 is 17.9 Å². The summed E-state index contributed by atoms with van der Waals surface area (Å²) in [6.45, 7) is 1.91. The highest BCUT2D eigenvalue weighted by Crippen LogP contribution is 2.15. The number of phenolic OH excluding ortho intramolecular Hbond substituents is 1. The predicted molar refractivity (Wildman–Crippen MR) is 68.2 cm³/mol. The van der Waals surface area contributed by atoms with E-state index in [9.17, 15) is 14.7 Å². The molecular weight excluding hydrogens is 250 g/mol. The molecule has 0 saturated carbocycles. The highest BCUT2D eigenvalue weighted by Gasteiger charge is 2.21. The van der Waals surface area contributed by atoms with E-state index in [1.807, 2.05) is 0 Å². The number of carbonyl (C=O) groups excluding carboxylic acids is 1. The van der Waals surface area contributed by atoms with Crippen LogP contribution in [0.5, 0.6) is 5.75 Å². The largest absolute Gasteiger partial charge is 0.508 e. The van der Waals surface area contributed by atoms with Crippen molar-refractivity contribution in [3.05, 3.63) is 29.3 Å². The van der Waals surface area contributed by atoms with Gasteiger partial charge in [-0.15, -0.1) is 0 Å². The molecule has 1 amide bonds. The minimum atomic E-state index is -1.11. The Labute approximate surface area is 111 Å². The molecule has 0 heterocycles. The van der Waals surface area contributed by atoms with Gasteiger partial charge in [0.05, 0.1) is 0 Å². The minimum absolute atomic E-state index is 0.0585. The lowest BCUT2D eigenvalue weighted by molar-refractivity contribution is -0.139. The van der Waals surface area contributed by atoms with Gasteiger partial charge in [0.15, 0.2) is 0 Å². The Hall–Kier alpha value is -2.08. The average molecular weight is 267 g/mol. The van der Waals surface area contributed by atoms with Crippen LogP contribution in [-0.4, -0.2) is 41.8 Å². The topological polar surface area (TPSA) is 95.9 Å². The van der Waals surface area contributed by atoms with Gasteiger partial charge in [-0.2, -0.15) is 0 Å². The molecule has 0 saturated heterocycles. The van der Waals surface area contributed by atoms with Crippen molar-refractivity contribution < 1.29 is 24.5 Å². The first-order valence-corrected chi connectivity index (χ1v) is 5.78. The van der Waals surface area contributed by atoms with E-state index in [4.69, 9.17) is 9.84 Å². The van der Waals surface area contributed by atoms with Crippen molar-refractivity contribution in [1.82, 2.24) is 5.32 Å². The Morgan fingerprint density at radius 1 is 1.42 bits per heavy atom. The van der Waals surface area contributed by atoms with Gasteiger partial charge in [-0.25, -0.2) is 4.79 Å². The van der Waals surface area contributed by atoms with Crippen LogP contribution < -0.4 is 5.32 Å². The van der Waals surface area contributed by atoms with E-state index in [1.165, 1.54) is 25.3 Å². The molecule has 1 aromatic rings. The molecule has 0 fully saturated rings. The van der Waals surface area contributed by atoms with E-state index in [-0.39, 0.29) is 18.8 Å². The number of rotatable bonds is 6. The maximum absolute atomic E-state index is 12.0. The van der Waals surface area contributed by atoms with Crippen LogP contribution in [0.3, 0.4) is 0 Å². The minimum Gasteiger partial charge on any atom is -0.508 e. The van der Waals surface area contributed by atoms with Crippen LogP contribution >= 0.6 is 0 Å². The summed E-state index contributed by atoms with van der Waals surface area (Å²) < 4.78 is 4.80. The van der Waals surface area contributed by atoms with E-state index in [1.54, 1.807) is 6.92 Å². The van der Waals surface area contributed by atoms with Crippen molar-refractivity contribution in [3.63, 3.8) is 0 Å². The Balaban J connectivity index is 2.78. The van der Waals surface area contributed by atoms with Crippen LogP contribution in [0.25, 0.3) is 0 Å². The second kappa shape index (κ2) is 6.75. The van der Waals surface area contributed by atoms with E-state index in [0.29, 0.717) is 11.1 Å². The Kier molecular flexibility index (Phi) is 5.32. The SMILES string of the molecule is COCCC(NC(=O)c1ccc(O)cc1C)C(=O)O. The van der Waals surface area contributed by atoms with Crippen molar-refractivity contribution in [2.24, 2.45) is 0 Å². The number of aryl methyl sites for hydroxylation is 1. The van der Waals surface area contributed by atoms with Crippen LogP contribution in [0.15, 0.2) is 18.2 Å². The molecule has 1 unspecified atom stereocenters. The Morgan fingerprint density at radius 2 is 2.11 bits per heavy atom. The molecule has 0 radical (unpaired) electrons. The fraction of sp³-hybridized carbons (Fsp3) is 0.385. The molecule has 6 heteroatoms. The quantitative estimate of drug-likeness (QED) is 0.712. The molecule has 0 spiro atoms.